The summed E-state index contributed by atoms with van der Waals surface area (Å²) in [5, 5.41) is 17.0. The standard InChI is InChI=1S/C18H26N4O2.2C2HF3O2/c1-11(2)22-15(17(23)19-4)6-14-9-21(10-16(14)22)18(24)13-5-12(3)7-20-8-13;2*3-2(4,5)1(6)7/h5,7-8,11,14-16H,6,9-10H2,1-4H3,(H,19,23);2*(H,6,7)/t14-,15-,16+;;/m1../s1. The number of pyridine rings is 1. The first-order valence-electron chi connectivity index (χ1n) is 11.1. The molecule has 3 rings (SSSR count). The number of carbonyl (C=O) groups excluding carboxylic acids is 2. The van der Waals surface area contributed by atoms with E-state index in [0.29, 0.717) is 24.6 Å². The first kappa shape index (κ1) is 32.6. The van der Waals surface area contributed by atoms with Crippen molar-refractivity contribution >= 4 is 23.8 Å². The van der Waals surface area contributed by atoms with Gasteiger partial charge in [0.25, 0.3) is 5.91 Å². The van der Waals surface area contributed by atoms with E-state index in [1.54, 1.807) is 19.4 Å². The Morgan fingerprint density at radius 3 is 1.89 bits per heavy atom. The molecular formula is C22H28F6N4O6. The number of rotatable bonds is 3. The lowest BCUT2D eigenvalue weighted by Crippen LogP contribution is -2.50. The molecule has 2 saturated heterocycles. The first-order chi connectivity index (χ1) is 17.3. The van der Waals surface area contributed by atoms with Gasteiger partial charge in [-0.15, -0.1) is 0 Å². The number of likely N-dealkylation sites (N-methyl/N-ethyl adjacent to an activating group) is 1. The van der Waals surface area contributed by atoms with Gasteiger partial charge >= 0.3 is 24.3 Å². The Labute approximate surface area is 213 Å². The Balaban J connectivity index is 0.000000426. The van der Waals surface area contributed by atoms with Gasteiger partial charge in [0.05, 0.1) is 11.6 Å². The maximum Gasteiger partial charge on any atom is 0.490 e. The highest BCUT2D eigenvalue weighted by atomic mass is 19.4. The predicted octanol–water partition coefficient (Wildman–Crippen LogP) is 2.33. The summed E-state index contributed by atoms with van der Waals surface area (Å²) in [6.45, 7) is 7.58. The molecule has 0 aliphatic carbocycles. The number of carbonyl (C=O) groups is 4. The summed E-state index contributed by atoms with van der Waals surface area (Å²) in [7, 11) is 1.69. The molecule has 3 atom stereocenters. The Kier molecular flexibility index (Phi) is 11.1. The van der Waals surface area contributed by atoms with Gasteiger partial charge in [0, 0.05) is 44.6 Å². The fourth-order valence-electron chi connectivity index (χ4n) is 4.24. The van der Waals surface area contributed by atoms with Crippen molar-refractivity contribution < 1.29 is 55.7 Å². The molecule has 2 aliphatic heterocycles. The summed E-state index contributed by atoms with van der Waals surface area (Å²) in [6, 6.07) is 2.34. The van der Waals surface area contributed by atoms with Gasteiger partial charge < -0.3 is 20.4 Å². The molecule has 2 amide bonds. The summed E-state index contributed by atoms with van der Waals surface area (Å²) in [6.07, 6.45) is -5.96. The second kappa shape index (κ2) is 12.9. The number of nitrogens with one attached hydrogen (secondary N) is 1. The van der Waals surface area contributed by atoms with Crippen molar-refractivity contribution in [1.29, 1.82) is 0 Å². The highest BCUT2D eigenvalue weighted by molar-refractivity contribution is 5.94. The maximum absolute atomic E-state index is 12.8. The van der Waals surface area contributed by atoms with Crippen LogP contribution in [0.2, 0.25) is 0 Å². The van der Waals surface area contributed by atoms with E-state index in [0.717, 1.165) is 12.0 Å². The van der Waals surface area contributed by atoms with Crippen molar-refractivity contribution in [3.05, 3.63) is 29.6 Å². The van der Waals surface area contributed by atoms with Crippen LogP contribution in [-0.2, 0) is 14.4 Å². The van der Waals surface area contributed by atoms with Gasteiger partial charge in [-0.05, 0) is 44.7 Å². The van der Waals surface area contributed by atoms with E-state index >= 15 is 0 Å². The number of likely N-dealkylation sites (tertiary alicyclic amines) is 2. The van der Waals surface area contributed by atoms with Gasteiger partial charge in [0.2, 0.25) is 5.91 Å². The van der Waals surface area contributed by atoms with Gasteiger partial charge in [-0.3, -0.25) is 19.5 Å². The van der Waals surface area contributed by atoms with Crippen LogP contribution in [0, 0.1) is 12.8 Å². The molecule has 16 heteroatoms. The molecule has 2 fully saturated rings. The monoisotopic (exact) mass is 558 g/mol. The first-order valence-corrected chi connectivity index (χ1v) is 11.1. The van der Waals surface area contributed by atoms with Gasteiger partial charge in [-0.25, -0.2) is 9.59 Å². The lowest BCUT2D eigenvalue weighted by Gasteiger charge is -2.33. The topological polar surface area (TPSA) is 140 Å². The second-order valence-electron chi connectivity index (χ2n) is 8.80. The van der Waals surface area contributed by atoms with Crippen LogP contribution in [0.5, 0.6) is 0 Å². The fourth-order valence-corrected chi connectivity index (χ4v) is 4.24. The van der Waals surface area contributed by atoms with Crippen LogP contribution in [0.25, 0.3) is 0 Å². The number of aromatic nitrogens is 1. The average Bonchev–Trinajstić information content (AvgIpc) is 3.35. The molecule has 3 heterocycles. The number of aliphatic carboxylic acids is 2. The van der Waals surface area contributed by atoms with Crippen molar-refractivity contribution in [3.63, 3.8) is 0 Å². The van der Waals surface area contributed by atoms with E-state index < -0.39 is 24.3 Å². The molecule has 0 unspecified atom stereocenters. The van der Waals surface area contributed by atoms with Crippen molar-refractivity contribution in [2.75, 3.05) is 20.1 Å². The number of aryl methyl sites for hydroxylation is 1. The smallest absolute Gasteiger partial charge is 0.475 e. The highest BCUT2D eigenvalue weighted by Crippen LogP contribution is 2.37. The number of fused-ring (bicyclic) bond motifs is 1. The maximum atomic E-state index is 12.8. The normalized spacial score (nSPS) is 21.0. The van der Waals surface area contributed by atoms with Crippen LogP contribution in [-0.4, -0.2) is 99.4 Å². The summed E-state index contributed by atoms with van der Waals surface area (Å²) in [5.74, 6) is -5.03. The molecule has 2 aliphatic rings. The molecule has 214 valence electrons. The molecule has 0 bridgehead atoms. The van der Waals surface area contributed by atoms with Crippen LogP contribution in [0.3, 0.4) is 0 Å². The molecule has 38 heavy (non-hydrogen) atoms. The predicted molar refractivity (Wildman–Crippen MR) is 119 cm³/mol. The summed E-state index contributed by atoms with van der Waals surface area (Å²) in [4.78, 5) is 51.1. The Bertz CT molecular complexity index is 993. The third kappa shape index (κ3) is 8.85. The van der Waals surface area contributed by atoms with Crippen LogP contribution in [0.1, 0.15) is 36.2 Å². The van der Waals surface area contributed by atoms with E-state index in [-0.39, 0.29) is 29.9 Å². The molecule has 0 aromatic carbocycles. The minimum atomic E-state index is -5.08. The second-order valence-corrected chi connectivity index (χ2v) is 8.80. The fraction of sp³-hybridized carbons (Fsp3) is 0.591. The van der Waals surface area contributed by atoms with E-state index in [9.17, 15) is 35.9 Å². The van der Waals surface area contributed by atoms with Crippen molar-refractivity contribution in [3.8, 4) is 0 Å². The summed E-state index contributed by atoms with van der Waals surface area (Å²) < 4.78 is 63.5. The van der Waals surface area contributed by atoms with E-state index in [2.05, 4.69) is 29.0 Å². The Hall–Kier alpha value is -3.43. The SMILES string of the molecule is CNC(=O)[C@H]1C[C@@H]2CN(C(=O)c3cncc(C)c3)C[C@@H]2N1C(C)C.O=C(O)C(F)(F)F.O=C(O)C(F)(F)F. The number of amides is 2. The molecule has 0 spiro atoms. The van der Waals surface area contributed by atoms with Crippen LogP contribution < -0.4 is 5.32 Å². The Morgan fingerprint density at radius 2 is 1.50 bits per heavy atom. The van der Waals surface area contributed by atoms with Gasteiger partial charge in [-0.2, -0.15) is 26.3 Å². The van der Waals surface area contributed by atoms with Gasteiger partial charge in [0.15, 0.2) is 0 Å². The molecule has 0 radical (unpaired) electrons. The van der Waals surface area contributed by atoms with Crippen LogP contribution in [0.4, 0.5) is 26.3 Å². The number of nitrogens with zero attached hydrogens (tertiary/aromatic N) is 3. The van der Waals surface area contributed by atoms with Gasteiger partial charge in [0.1, 0.15) is 0 Å². The number of hydrogen-bond donors (Lipinski definition) is 3. The quantitative estimate of drug-likeness (QED) is 0.481. The number of carboxylic acids is 2. The number of carboxylic acid groups (broad SMARTS) is 2. The lowest BCUT2D eigenvalue weighted by molar-refractivity contribution is -0.193. The largest absolute Gasteiger partial charge is 0.490 e. The molecule has 0 saturated carbocycles. The zero-order valence-corrected chi connectivity index (χ0v) is 20.8. The number of halogens is 6. The molecule has 3 N–H and O–H groups in total. The molecular weight excluding hydrogens is 530 g/mol. The summed E-state index contributed by atoms with van der Waals surface area (Å²) >= 11 is 0. The van der Waals surface area contributed by atoms with E-state index in [1.807, 2.05) is 17.9 Å². The number of alkyl halides is 6. The minimum absolute atomic E-state index is 0.0424. The van der Waals surface area contributed by atoms with E-state index in [4.69, 9.17) is 19.8 Å². The van der Waals surface area contributed by atoms with Crippen molar-refractivity contribution in [2.24, 2.45) is 5.92 Å². The van der Waals surface area contributed by atoms with Crippen molar-refractivity contribution in [1.82, 2.24) is 20.1 Å². The third-order valence-electron chi connectivity index (χ3n) is 5.71. The number of hydrogen-bond acceptors (Lipinski definition) is 6. The average molecular weight is 558 g/mol. The van der Waals surface area contributed by atoms with E-state index in [1.165, 1.54) is 0 Å². The highest BCUT2D eigenvalue weighted by Gasteiger charge is 2.50. The van der Waals surface area contributed by atoms with Crippen molar-refractivity contribution in [2.45, 2.75) is 57.7 Å². The van der Waals surface area contributed by atoms with Gasteiger partial charge in [-0.1, -0.05) is 0 Å². The minimum Gasteiger partial charge on any atom is -0.475 e. The summed E-state index contributed by atoms with van der Waals surface area (Å²) in [5.41, 5.74) is 1.64. The lowest BCUT2D eigenvalue weighted by atomic mass is 10.0. The third-order valence-corrected chi connectivity index (χ3v) is 5.71. The van der Waals surface area contributed by atoms with Crippen LogP contribution >= 0.6 is 0 Å². The molecule has 1 aromatic rings. The zero-order valence-electron chi connectivity index (χ0n) is 20.8. The Morgan fingerprint density at radius 1 is 1.00 bits per heavy atom. The van der Waals surface area contributed by atoms with Crippen LogP contribution in [0.15, 0.2) is 18.5 Å². The molecule has 1 aromatic heterocycles. The zero-order chi connectivity index (χ0) is 29.6. The molecule has 10 nitrogen and oxygen atoms in total.